The van der Waals surface area contributed by atoms with E-state index in [1.54, 1.807) is 24.3 Å². The second-order valence-electron chi connectivity index (χ2n) is 5.98. The van der Waals surface area contributed by atoms with Crippen molar-refractivity contribution in [3.05, 3.63) is 34.9 Å². The van der Waals surface area contributed by atoms with Crippen molar-refractivity contribution in [2.75, 3.05) is 20.1 Å². The highest BCUT2D eigenvalue weighted by molar-refractivity contribution is 6.30. The Morgan fingerprint density at radius 1 is 1.22 bits per heavy atom. The summed E-state index contributed by atoms with van der Waals surface area (Å²) in [5.41, 5.74) is 1.00. The quantitative estimate of drug-likeness (QED) is 0.755. The number of benzene rings is 1. The van der Waals surface area contributed by atoms with Crippen LogP contribution in [-0.4, -0.2) is 30.8 Å². The molecule has 18 heavy (non-hydrogen) atoms. The summed E-state index contributed by atoms with van der Waals surface area (Å²) in [6, 6.07) is 7.09. The molecule has 1 aromatic rings. The molecule has 2 nitrogen and oxygen atoms in total. The molecule has 0 fully saturated rings. The lowest BCUT2D eigenvalue weighted by atomic mass is 9.96. The third-order valence-electron chi connectivity index (χ3n) is 2.63. The van der Waals surface area contributed by atoms with Crippen LogP contribution < -0.4 is 0 Å². The van der Waals surface area contributed by atoms with E-state index >= 15 is 0 Å². The van der Waals surface area contributed by atoms with E-state index in [9.17, 15) is 4.79 Å². The molecule has 0 aromatic heterocycles. The Labute approximate surface area is 115 Å². The van der Waals surface area contributed by atoms with Gasteiger partial charge in [0, 0.05) is 30.1 Å². The Hall–Kier alpha value is -0.860. The molecule has 0 spiro atoms. The van der Waals surface area contributed by atoms with Gasteiger partial charge in [-0.2, -0.15) is 0 Å². The third-order valence-corrected chi connectivity index (χ3v) is 2.88. The fourth-order valence-electron chi connectivity index (χ4n) is 1.96. The number of hydrogen-bond donors (Lipinski definition) is 0. The molecule has 1 aromatic carbocycles. The zero-order chi connectivity index (χ0) is 13.8. The van der Waals surface area contributed by atoms with E-state index in [1.807, 2.05) is 0 Å². The molecule has 0 unspecified atom stereocenters. The van der Waals surface area contributed by atoms with Gasteiger partial charge in [0.15, 0.2) is 5.78 Å². The van der Waals surface area contributed by atoms with Crippen LogP contribution in [0.5, 0.6) is 0 Å². The van der Waals surface area contributed by atoms with Crippen molar-refractivity contribution in [2.45, 2.75) is 27.2 Å². The summed E-state index contributed by atoms with van der Waals surface area (Å²) in [5.74, 6) is 0.174. The zero-order valence-corrected chi connectivity index (χ0v) is 12.4. The molecule has 0 aliphatic carbocycles. The van der Waals surface area contributed by atoms with E-state index in [2.05, 4.69) is 32.7 Å². The molecule has 0 saturated carbocycles. The smallest absolute Gasteiger partial charge is 0.164 e. The number of carbonyl (C=O) groups is 1. The SMILES string of the molecule is CN(CCC(=O)c1ccc(Cl)cc1)CC(C)(C)C. The van der Waals surface area contributed by atoms with Crippen molar-refractivity contribution in [3.8, 4) is 0 Å². The minimum atomic E-state index is 0.174. The number of halogens is 1. The van der Waals surface area contributed by atoms with Crippen LogP contribution in [0.15, 0.2) is 24.3 Å². The first-order chi connectivity index (χ1) is 8.28. The Morgan fingerprint density at radius 2 is 1.78 bits per heavy atom. The van der Waals surface area contributed by atoms with E-state index in [1.165, 1.54) is 0 Å². The van der Waals surface area contributed by atoms with Crippen molar-refractivity contribution in [1.82, 2.24) is 4.90 Å². The van der Waals surface area contributed by atoms with Gasteiger partial charge in [-0.05, 0) is 36.7 Å². The summed E-state index contributed by atoms with van der Waals surface area (Å²) in [7, 11) is 2.06. The van der Waals surface area contributed by atoms with Crippen molar-refractivity contribution >= 4 is 17.4 Å². The average molecular weight is 268 g/mol. The highest BCUT2D eigenvalue weighted by Crippen LogP contribution is 2.15. The second-order valence-corrected chi connectivity index (χ2v) is 6.41. The molecule has 1 rings (SSSR count). The van der Waals surface area contributed by atoms with Gasteiger partial charge in [0.1, 0.15) is 0 Å². The molecule has 0 heterocycles. The molecule has 0 N–H and O–H groups in total. The first-order valence-corrected chi connectivity index (χ1v) is 6.63. The number of rotatable bonds is 5. The van der Waals surface area contributed by atoms with Gasteiger partial charge in [0.2, 0.25) is 0 Å². The van der Waals surface area contributed by atoms with Crippen LogP contribution in [0.2, 0.25) is 5.02 Å². The van der Waals surface area contributed by atoms with Crippen LogP contribution in [0, 0.1) is 5.41 Å². The maximum atomic E-state index is 12.0. The predicted molar refractivity (Wildman–Crippen MR) is 77.4 cm³/mol. The summed E-state index contributed by atoms with van der Waals surface area (Å²) >= 11 is 5.80. The van der Waals surface area contributed by atoms with Gasteiger partial charge in [0.05, 0.1) is 0 Å². The van der Waals surface area contributed by atoms with Crippen LogP contribution in [0.1, 0.15) is 37.6 Å². The van der Waals surface area contributed by atoms with Crippen LogP contribution in [0.3, 0.4) is 0 Å². The van der Waals surface area contributed by atoms with Gasteiger partial charge in [0.25, 0.3) is 0 Å². The topological polar surface area (TPSA) is 20.3 Å². The number of hydrogen-bond acceptors (Lipinski definition) is 2. The Bertz CT molecular complexity index is 392. The highest BCUT2D eigenvalue weighted by atomic mass is 35.5. The maximum Gasteiger partial charge on any atom is 0.164 e. The number of Topliss-reactive ketones (excluding diaryl/α,β-unsaturated/α-hetero) is 1. The average Bonchev–Trinajstić information content (AvgIpc) is 2.24. The third kappa shape index (κ3) is 5.65. The lowest BCUT2D eigenvalue weighted by molar-refractivity contribution is 0.0961. The lowest BCUT2D eigenvalue weighted by Crippen LogP contribution is -2.31. The van der Waals surface area contributed by atoms with Gasteiger partial charge in [-0.15, -0.1) is 0 Å². The standard InChI is InChI=1S/C15H22ClNO/c1-15(2,3)11-17(4)10-9-14(18)12-5-7-13(16)8-6-12/h5-8H,9-11H2,1-4H3. The van der Waals surface area contributed by atoms with Crippen LogP contribution in [0.4, 0.5) is 0 Å². The molecule has 0 aliphatic rings. The summed E-state index contributed by atoms with van der Waals surface area (Å²) in [6.45, 7) is 8.37. The summed E-state index contributed by atoms with van der Waals surface area (Å²) in [4.78, 5) is 14.2. The molecule has 0 radical (unpaired) electrons. The molecule has 0 atom stereocenters. The van der Waals surface area contributed by atoms with E-state index < -0.39 is 0 Å². The largest absolute Gasteiger partial charge is 0.305 e. The first-order valence-electron chi connectivity index (χ1n) is 6.25. The maximum absolute atomic E-state index is 12.0. The molecular weight excluding hydrogens is 246 g/mol. The Morgan fingerprint density at radius 3 is 2.28 bits per heavy atom. The van der Waals surface area contributed by atoms with Crippen molar-refractivity contribution in [1.29, 1.82) is 0 Å². The normalized spacial score (nSPS) is 11.9. The van der Waals surface area contributed by atoms with Crippen molar-refractivity contribution < 1.29 is 4.79 Å². The summed E-state index contributed by atoms with van der Waals surface area (Å²) in [6.07, 6.45) is 0.550. The lowest BCUT2D eigenvalue weighted by Gasteiger charge is -2.26. The van der Waals surface area contributed by atoms with E-state index in [4.69, 9.17) is 11.6 Å². The van der Waals surface area contributed by atoms with Gasteiger partial charge in [-0.3, -0.25) is 4.79 Å². The minimum absolute atomic E-state index is 0.174. The Balaban J connectivity index is 2.44. The van der Waals surface area contributed by atoms with E-state index in [0.29, 0.717) is 11.4 Å². The fraction of sp³-hybridized carbons (Fsp3) is 0.533. The summed E-state index contributed by atoms with van der Waals surface area (Å²) < 4.78 is 0. The minimum Gasteiger partial charge on any atom is -0.305 e. The fourth-order valence-corrected chi connectivity index (χ4v) is 2.09. The van der Waals surface area contributed by atoms with Gasteiger partial charge >= 0.3 is 0 Å². The highest BCUT2D eigenvalue weighted by Gasteiger charge is 2.14. The molecule has 100 valence electrons. The summed E-state index contributed by atoms with van der Waals surface area (Å²) in [5, 5.41) is 0.663. The Kier molecular flexibility index (Phi) is 5.36. The zero-order valence-electron chi connectivity index (χ0n) is 11.7. The van der Waals surface area contributed by atoms with Crippen LogP contribution in [0.25, 0.3) is 0 Å². The number of ketones is 1. The molecular formula is C15H22ClNO. The van der Waals surface area contributed by atoms with E-state index in [-0.39, 0.29) is 11.2 Å². The van der Waals surface area contributed by atoms with Gasteiger partial charge < -0.3 is 4.90 Å². The van der Waals surface area contributed by atoms with Crippen molar-refractivity contribution in [3.63, 3.8) is 0 Å². The molecule has 0 aliphatic heterocycles. The predicted octanol–water partition coefficient (Wildman–Crippen LogP) is 3.89. The van der Waals surface area contributed by atoms with Crippen LogP contribution >= 0.6 is 11.6 Å². The number of carbonyl (C=O) groups excluding carboxylic acids is 1. The molecule has 0 bridgehead atoms. The first kappa shape index (κ1) is 15.2. The van der Waals surface area contributed by atoms with E-state index in [0.717, 1.165) is 18.7 Å². The monoisotopic (exact) mass is 267 g/mol. The van der Waals surface area contributed by atoms with Crippen LogP contribution in [-0.2, 0) is 0 Å². The molecule has 0 saturated heterocycles. The van der Waals surface area contributed by atoms with Gasteiger partial charge in [-0.25, -0.2) is 0 Å². The molecule has 0 amide bonds. The second kappa shape index (κ2) is 6.35. The van der Waals surface area contributed by atoms with Gasteiger partial charge in [-0.1, -0.05) is 32.4 Å². The molecule has 3 heteroatoms. The van der Waals surface area contributed by atoms with Crippen molar-refractivity contribution in [2.24, 2.45) is 5.41 Å². The number of nitrogens with zero attached hydrogens (tertiary/aromatic N) is 1.